The quantitative estimate of drug-likeness (QED) is 0.857. The van der Waals surface area contributed by atoms with E-state index in [4.69, 9.17) is 4.74 Å². The first-order chi connectivity index (χ1) is 9.88. The molecule has 2 nitrogen and oxygen atoms in total. The van der Waals surface area contributed by atoms with Crippen molar-refractivity contribution in [3.8, 4) is 11.5 Å². The average Bonchev–Trinajstić information content (AvgIpc) is 2.72. The molecule has 21 heavy (non-hydrogen) atoms. The molecule has 0 amide bonds. The maximum Gasteiger partial charge on any atom is 0.127 e. The van der Waals surface area contributed by atoms with Crippen LogP contribution in [-0.2, 0) is 6.42 Å². The van der Waals surface area contributed by atoms with Crippen LogP contribution >= 0.6 is 0 Å². The molecule has 4 rings (SSSR count). The van der Waals surface area contributed by atoms with E-state index < -0.39 is 0 Å². The molecule has 0 bridgehead atoms. The summed E-state index contributed by atoms with van der Waals surface area (Å²) in [6.45, 7) is 9.20. The van der Waals surface area contributed by atoms with Crippen molar-refractivity contribution in [3.63, 3.8) is 0 Å². The lowest BCUT2D eigenvalue weighted by Crippen LogP contribution is -2.59. The largest absolute Gasteiger partial charge is 0.508 e. The zero-order chi connectivity index (χ0) is 15.0. The Labute approximate surface area is 127 Å². The molecule has 0 radical (unpaired) electrons. The summed E-state index contributed by atoms with van der Waals surface area (Å²) >= 11 is 0. The minimum absolute atomic E-state index is 0.0187. The van der Waals surface area contributed by atoms with Gasteiger partial charge in [-0.05, 0) is 55.2 Å². The highest BCUT2D eigenvalue weighted by Crippen LogP contribution is 2.74. The Hall–Kier alpha value is -1.18. The maximum absolute atomic E-state index is 10.6. The van der Waals surface area contributed by atoms with Gasteiger partial charge in [-0.1, -0.05) is 27.2 Å². The van der Waals surface area contributed by atoms with Gasteiger partial charge in [-0.25, -0.2) is 0 Å². The van der Waals surface area contributed by atoms with Gasteiger partial charge in [0.2, 0.25) is 0 Å². The summed E-state index contributed by atoms with van der Waals surface area (Å²) < 4.78 is 6.45. The molecule has 0 unspecified atom stereocenters. The minimum atomic E-state index is -0.0187. The second kappa shape index (κ2) is 3.97. The van der Waals surface area contributed by atoms with Gasteiger partial charge in [0.25, 0.3) is 0 Å². The number of ether oxygens (including phenoxy) is 1. The molecule has 4 atom stereocenters. The van der Waals surface area contributed by atoms with Gasteiger partial charge in [0.1, 0.15) is 17.1 Å². The fourth-order valence-corrected chi connectivity index (χ4v) is 5.63. The summed E-state index contributed by atoms with van der Waals surface area (Å²) in [5, 5.41) is 10.6. The van der Waals surface area contributed by atoms with Gasteiger partial charge in [0.05, 0.1) is 0 Å². The molecule has 1 aliphatic heterocycles. The maximum atomic E-state index is 10.6. The number of benzene rings is 1. The number of hydrogen-bond donors (Lipinski definition) is 1. The molecule has 3 aliphatic rings. The highest BCUT2D eigenvalue weighted by Gasteiger charge is 2.69. The van der Waals surface area contributed by atoms with Crippen molar-refractivity contribution < 1.29 is 9.84 Å². The highest BCUT2D eigenvalue weighted by molar-refractivity contribution is 5.55. The Morgan fingerprint density at radius 1 is 1.29 bits per heavy atom. The summed E-state index contributed by atoms with van der Waals surface area (Å²) in [4.78, 5) is 0. The SMILES string of the molecule is CCCc1cc(O)c2c(c1)O[C@@]1(C)CC[C@H]3[C@H]1[C@H]2C3(C)C. The lowest BCUT2D eigenvalue weighted by atomic mass is 9.45. The number of phenols is 1. The summed E-state index contributed by atoms with van der Waals surface area (Å²) in [7, 11) is 0. The molecule has 2 heteroatoms. The number of hydrogen-bond acceptors (Lipinski definition) is 2. The molecule has 1 aromatic rings. The Morgan fingerprint density at radius 3 is 2.76 bits per heavy atom. The molecule has 2 aliphatic carbocycles. The average molecular weight is 286 g/mol. The number of aryl methyl sites for hydroxylation is 1. The zero-order valence-corrected chi connectivity index (χ0v) is 13.6. The molecule has 114 valence electrons. The summed E-state index contributed by atoms with van der Waals surface area (Å²) in [5.41, 5.74) is 2.54. The molecule has 1 aromatic carbocycles. The lowest BCUT2D eigenvalue weighted by molar-refractivity contribution is -0.121. The van der Waals surface area contributed by atoms with Crippen molar-refractivity contribution in [1.82, 2.24) is 0 Å². The second-order valence-corrected chi connectivity index (χ2v) is 8.16. The van der Waals surface area contributed by atoms with Crippen LogP contribution in [0.25, 0.3) is 0 Å². The first-order valence-electron chi connectivity index (χ1n) is 8.43. The Morgan fingerprint density at radius 2 is 2.05 bits per heavy atom. The normalized spacial score (nSPS) is 38.2. The molecule has 0 saturated heterocycles. The fraction of sp³-hybridized carbons (Fsp3) is 0.684. The van der Waals surface area contributed by atoms with Crippen molar-refractivity contribution >= 4 is 0 Å². The molecule has 2 saturated carbocycles. The highest BCUT2D eigenvalue weighted by atomic mass is 16.5. The topological polar surface area (TPSA) is 29.5 Å². The molecular formula is C19H26O2. The van der Waals surface area contributed by atoms with E-state index in [1.807, 2.05) is 6.07 Å². The zero-order valence-electron chi connectivity index (χ0n) is 13.6. The van der Waals surface area contributed by atoms with E-state index >= 15 is 0 Å². The first kappa shape index (κ1) is 13.5. The summed E-state index contributed by atoms with van der Waals surface area (Å²) in [6, 6.07) is 4.15. The summed E-state index contributed by atoms with van der Waals surface area (Å²) in [5.74, 6) is 3.20. The number of rotatable bonds is 2. The van der Waals surface area contributed by atoms with Crippen LogP contribution in [0.15, 0.2) is 12.1 Å². The van der Waals surface area contributed by atoms with Crippen molar-refractivity contribution in [1.29, 1.82) is 0 Å². The lowest BCUT2D eigenvalue weighted by Gasteiger charge is -2.62. The third-order valence-electron chi connectivity index (χ3n) is 6.58. The Kier molecular flexibility index (Phi) is 2.55. The first-order valence-corrected chi connectivity index (χ1v) is 8.43. The van der Waals surface area contributed by atoms with Crippen LogP contribution in [-0.4, -0.2) is 10.7 Å². The third kappa shape index (κ3) is 1.54. The molecular weight excluding hydrogens is 260 g/mol. The number of phenolic OH excluding ortho intramolecular Hbond substituents is 1. The standard InChI is InChI=1S/C19H26O2/c1-5-6-11-9-13(20)15-14(10-11)21-19(4)8-7-12-16(19)17(15)18(12,2)3/h9-10,12,16-17,20H,5-8H2,1-4H3/t12-,16-,17-,19-/m0/s1. The van der Waals surface area contributed by atoms with E-state index in [1.165, 1.54) is 12.0 Å². The predicted octanol–water partition coefficient (Wildman–Crippen LogP) is 4.65. The van der Waals surface area contributed by atoms with Crippen LogP contribution in [0.3, 0.4) is 0 Å². The van der Waals surface area contributed by atoms with E-state index in [1.54, 1.807) is 0 Å². The second-order valence-electron chi connectivity index (χ2n) is 8.16. The Bertz CT molecular complexity index is 604. The van der Waals surface area contributed by atoms with E-state index in [0.717, 1.165) is 36.5 Å². The van der Waals surface area contributed by atoms with Gasteiger partial charge in [0, 0.05) is 17.4 Å². The molecule has 0 spiro atoms. The third-order valence-corrected chi connectivity index (χ3v) is 6.58. The minimum Gasteiger partial charge on any atom is -0.508 e. The molecule has 0 aromatic heterocycles. The van der Waals surface area contributed by atoms with E-state index in [0.29, 0.717) is 17.6 Å². The van der Waals surface area contributed by atoms with Crippen molar-refractivity contribution in [2.75, 3.05) is 0 Å². The van der Waals surface area contributed by atoms with Crippen LogP contribution in [0.4, 0.5) is 0 Å². The van der Waals surface area contributed by atoms with Crippen LogP contribution in [0.1, 0.15) is 64.0 Å². The van der Waals surface area contributed by atoms with Crippen molar-refractivity contribution in [2.45, 2.75) is 64.9 Å². The van der Waals surface area contributed by atoms with Crippen LogP contribution in [0.5, 0.6) is 11.5 Å². The summed E-state index contributed by atoms with van der Waals surface area (Å²) in [6.07, 6.45) is 4.51. The molecule has 1 heterocycles. The van der Waals surface area contributed by atoms with Crippen LogP contribution in [0, 0.1) is 17.3 Å². The van der Waals surface area contributed by atoms with Crippen molar-refractivity contribution in [3.05, 3.63) is 23.3 Å². The van der Waals surface area contributed by atoms with Gasteiger partial charge in [0.15, 0.2) is 0 Å². The van der Waals surface area contributed by atoms with Gasteiger partial charge >= 0.3 is 0 Å². The van der Waals surface area contributed by atoms with Gasteiger partial charge in [-0.2, -0.15) is 0 Å². The van der Waals surface area contributed by atoms with E-state index in [-0.39, 0.29) is 11.0 Å². The van der Waals surface area contributed by atoms with Crippen LogP contribution < -0.4 is 4.74 Å². The van der Waals surface area contributed by atoms with Gasteiger partial charge < -0.3 is 9.84 Å². The number of aromatic hydroxyl groups is 1. The van der Waals surface area contributed by atoms with Gasteiger partial charge in [-0.15, -0.1) is 0 Å². The Balaban J connectivity index is 1.86. The van der Waals surface area contributed by atoms with Crippen LogP contribution in [0.2, 0.25) is 0 Å². The van der Waals surface area contributed by atoms with E-state index in [9.17, 15) is 5.11 Å². The monoisotopic (exact) mass is 286 g/mol. The number of fused-ring (bicyclic) bond motifs is 2. The predicted molar refractivity (Wildman–Crippen MR) is 83.9 cm³/mol. The van der Waals surface area contributed by atoms with E-state index in [2.05, 4.69) is 33.8 Å². The van der Waals surface area contributed by atoms with Gasteiger partial charge in [-0.3, -0.25) is 0 Å². The van der Waals surface area contributed by atoms with Crippen molar-refractivity contribution in [2.24, 2.45) is 17.3 Å². The molecule has 2 fully saturated rings. The fourth-order valence-electron chi connectivity index (χ4n) is 5.63. The smallest absolute Gasteiger partial charge is 0.127 e. The molecule has 1 N–H and O–H groups in total.